The Bertz CT molecular complexity index is 1080. The topological polar surface area (TPSA) is 56.2 Å². The van der Waals surface area contributed by atoms with Crippen molar-refractivity contribution in [1.29, 1.82) is 0 Å². The molecule has 0 atom stereocenters. The molecule has 0 saturated carbocycles. The van der Waals surface area contributed by atoms with E-state index in [2.05, 4.69) is 15.2 Å². The maximum Gasteiger partial charge on any atom is 0.416 e. The van der Waals surface area contributed by atoms with Gasteiger partial charge in [-0.25, -0.2) is 0 Å². The minimum Gasteiger partial charge on any atom is -0.435 e. The zero-order valence-corrected chi connectivity index (χ0v) is 16.5. The molecule has 0 saturated heterocycles. The van der Waals surface area contributed by atoms with Gasteiger partial charge >= 0.3 is 12.8 Å². The van der Waals surface area contributed by atoms with Gasteiger partial charge in [0.05, 0.1) is 29.2 Å². The Kier molecular flexibility index (Phi) is 6.28. The van der Waals surface area contributed by atoms with E-state index in [4.69, 9.17) is 0 Å². The van der Waals surface area contributed by atoms with Crippen molar-refractivity contribution in [2.24, 2.45) is 0 Å². The summed E-state index contributed by atoms with van der Waals surface area (Å²) in [5, 5.41) is 7.01. The molecule has 164 valence electrons. The predicted octanol–water partition coefficient (Wildman–Crippen LogP) is 5.42. The molecule has 0 spiro atoms. The summed E-state index contributed by atoms with van der Waals surface area (Å²) in [6.45, 7) is 0.465. The number of alkyl halides is 5. The number of carbonyl (C=O) groups excluding carboxylic acids is 1. The summed E-state index contributed by atoms with van der Waals surface area (Å²) in [5.41, 5.74) is 1.33. The van der Waals surface area contributed by atoms with Gasteiger partial charge in [0.1, 0.15) is 5.75 Å². The van der Waals surface area contributed by atoms with E-state index in [-0.39, 0.29) is 17.9 Å². The number of ether oxygens (including phenoxy) is 1. The Morgan fingerprint density at radius 3 is 2.42 bits per heavy atom. The summed E-state index contributed by atoms with van der Waals surface area (Å²) in [4.78, 5) is 12.5. The SMILES string of the molecule is Cc1nn(Cc2cccc(C(F)(F)F)c2)c(C)c1NC(=O)c1ccc(OC(F)F)cc1. The molecule has 0 radical (unpaired) electrons. The number of carbonyl (C=O) groups is 1. The maximum atomic E-state index is 12.9. The Morgan fingerprint density at radius 1 is 1.13 bits per heavy atom. The fourth-order valence-corrected chi connectivity index (χ4v) is 3.02. The summed E-state index contributed by atoms with van der Waals surface area (Å²) in [5.74, 6) is -0.568. The molecule has 31 heavy (non-hydrogen) atoms. The molecule has 0 fully saturated rings. The summed E-state index contributed by atoms with van der Waals surface area (Å²) in [6.07, 6.45) is -4.44. The Morgan fingerprint density at radius 2 is 1.81 bits per heavy atom. The van der Waals surface area contributed by atoms with E-state index in [0.717, 1.165) is 12.1 Å². The smallest absolute Gasteiger partial charge is 0.416 e. The van der Waals surface area contributed by atoms with Crippen molar-refractivity contribution in [3.63, 3.8) is 0 Å². The zero-order valence-electron chi connectivity index (χ0n) is 16.5. The van der Waals surface area contributed by atoms with Crippen LogP contribution in [0.1, 0.15) is 32.9 Å². The van der Waals surface area contributed by atoms with Gasteiger partial charge in [0.2, 0.25) is 0 Å². The highest BCUT2D eigenvalue weighted by molar-refractivity contribution is 6.04. The number of hydrogen-bond donors (Lipinski definition) is 1. The predicted molar refractivity (Wildman–Crippen MR) is 103 cm³/mol. The van der Waals surface area contributed by atoms with Gasteiger partial charge in [-0.1, -0.05) is 12.1 Å². The second-order valence-electron chi connectivity index (χ2n) is 6.76. The first kappa shape index (κ1) is 22.3. The average molecular weight is 439 g/mol. The van der Waals surface area contributed by atoms with Gasteiger partial charge in [0.25, 0.3) is 5.91 Å². The fourth-order valence-electron chi connectivity index (χ4n) is 3.02. The van der Waals surface area contributed by atoms with Gasteiger partial charge in [-0.05, 0) is 55.8 Å². The quantitative estimate of drug-likeness (QED) is 0.522. The van der Waals surface area contributed by atoms with Gasteiger partial charge in [-0.2, -0.15) is 27.1 Å². The van der Waals surface area contributed by atoms with E-state index in [1.807, 2.05) is 0 Å². The average Bonchev–Trinajstić information content (AvgIpc) is 2.95. The first-order valence-electron chi connectivity index (χ1n) is 9.11. The van der Waals surface area contributed by atoms with Crippen molar-refractivity contribution in [1.82, 2.24) is 9.78 Å². The van der Waals surface area contributed by atoms with Gasteiger partial charge in [0, 0.05) is 5.56 Å². The number of hydrogen-bond acceptors (Lipinski definition) is 3. The van der Waals surface area contributed by atoms with Gasteiger partial charge < -0.3 is 10.1 Å². The molecule has 5 nitrogen and oxygen atoms in total. The molecule has 1 amide bonds. The highest BCUT2D eigenvalue weighted by Crippen LogP contribution is 2.30. The highest BCUT2D eigenvalue weighted by atomic mass is 19.4. The van der Waals surface area contributed by atoms with E-state index in [9.17, 15) is 26.7 Å². The largest absolute Gasteiger partial charge is 0.435 e. The molecule has 3 aromatic rings. The number of amides is 1. The molecular formula is C21H18F5N3O2. The third kappa shape index (κ3) is 5.39. The zero-order chi connectivity index (χ0) is 22.8. The first-order chi connectivity index (χ1) is 14.5. The lowest BCUT2D eigenvalue weighted by Gasteiger charge is -2.10. The van der Waals surface area contributed by atoms with Crippen LogP contribution in [0.4, 0.5) is 27.6 Å². The molecular weight excluding hydrogens is 421 g/mol. The van der Waals surface area contributed by atoms with E-state index in [1.165, 1.54) is 35.0 Å². The highest BCUT2D eigenvalue weighted by Gasteiger charge is 2.30. The van der Waals surface area contributed by atoms with Crippen LogP contribution in [-0.2, 0) is 12.7 Å². The van der Waals surface area contributed by atoms with Crippen LogP contribution in [0.15, 0.2) is 48.5 Å². The standard InChI is InChI=1S/C21H18F5N3O2/c1-12-18(27-19(30)15-6-8-17(9-7-15)31-20(22)23)13(2)29(28-12)11-14-4-3-5-16(10-14)21(24,25)26/h3-10,20H,11H2,1-2H3,(H,27,30). The molecule has 0 unspecified atom stereocenters. The second-order valence-corrected chi connectivity index (χ2v) is 6.76. The van der Waals surface area contributed by atoms with Gasteiger partial charge in [0.15, 0.2) is 0 Å². The van der Waals surface area contributed by atoms with Crippen molar-refractivity contribution in [3.8, 4) is 5.75 Å². The van der Waals surface area contributed by atoms with Crippen LogP contribution in [0, 0.1) is 13.8 Å². The summed E-state index contributed by atoms with van der Waals surface area (Å²) >= 11 is 0. The second kappa shape index (κ2) is 8.75. The number of anilines is 1. The van der Waals surface area contributed by atoms with Crippen LogP contribution in [0.5, 0.6) is 5.75 Å². The van der Waals surface area contributed by atoms with Gasteiger partial charge in [-0.15, -0.1) is 0 Å². The molecule has 0 aliphatic rings. The molecule has 0 aliphatic heterocycles. The number of rotatable bonds is 6. The van der Waals surface area contributed by atoms with Crippen LogP contribution < -0.4 is 10.1 Å². The number of benzene rings is 2. The van der Waals surface area contributed by atoms with Crippen molar-refractivity contribution in [3.05, 3.63) is 76.6 Å². The molecule has 2 aromatic carbocycles. The van der Waals surface area contributed by atoms with Crippen LogP contribution in [0.2, 0.25) is 0 Å². The molecule has 10 heteroatoms. The van der Waals surface area contributed by atoms with Gasteiger partial charge in [-0.3, -0.25) is 9.48 Å². The Balaban J connectivity index is 1.76. The number of halogens is 5. The summed E-state index contributed by atoms with van der Waals surface area (Å²) in [6, 6.07) is 10.1. The lowest BCUT2D eigenvalue weighted by Crippen LogP contribution is -2.13. The van der Waals surface area contributed by atoms with Crippen LogP contribution in [-0.4, -0.2) is 22.3 Å². The van der Waals surface area contributed by atoms with E-state index in [1.54, 1.807) is 19.9 Å². The van der Waals surface area contributed by atoms with Crippen molar-refractivity contribution in [2.45, 2.75) is 33.2 Å². The van der Waals surface area contributed by atoms with Crippen LogP contribution in [0.3, 0.4) is 0 Å². The summed E-state index contributed by atoms with van der Waals surface area (Å²) in [7, 11) is 0. The van der Waals surface area contributed by atoms with Crippen molar-refractivity contribution < 1.29 is 31.5 Å². The van der Waals surface area contributed by atoms with E-state index >= 15 is 0 Å². The normalized spacial score (nSPS) is 11.6. The molecule has 1 aromatic heterocycles. The van der Waals surface area contributed by atoms with Crippen molar-refractivity contribution in [2.75, 3.05) is 5.32 Å². The number of aromatic nitrogens is 2. The number of nitrogens with one attached hydrogen (secondary N) is 1. The maximum absolute atomic E-state index is 12.9. The van der Waals surface area contributed by atoms with E-state index < -0.39 is 24.3 Å². The fraction of sp³-hybridized carbons (Fsp3) is 0.238. The van der Waals surface area contributed by atoms with Crippen LogP contribution >= 0.6 is 0 Å². The van der Waals surface area contributed by atoms with Crippen molar-refractivity contribution >= 4 is 11.6 Å². The lowest BCUT2D eigenvalue weighted by atomic mass is 10.1. The minimum absolute atomic E-state index is 0.0761. The molecule has 1 N–H and O–H groups in total. The molecule has 0 aliphatic carbocycles. The summed E-state index contributed by atoms with van der Waals surface area (Å²) < 4.78 is 69.0. The Labute approximate surface area is 174 Å². The molecule has 1 heterocycles. The lowest BCUT2D eigenvalue weighted by molar-refractivity contribution is -0.137. The Hall–Kier alpha value is -3.43. The third-order valence-electron chi connectivity index (χ3n) is 4.55. The molecule has 0 bridgehead atoms. The number of aryl methyl sites for hydroxylation is 1. The van der Waals surface area contributed by atoms with E-state index in [0.29, 0.717) is 22.6 Å². The monoisotopic (exact) mass is 439 g/mol. The van der Waals surface area contributed by atoms with Crippen LogP contribution in [0.25, 0.3) is 0 Å². The minimum atomic E-state index is -4.44. The molecule has 3 rings (SSSR count). The third-order valence-corrected chi connectivity index (χ3v) is 4.55. The number of nitrogens with zero attached hydrogens (tertiary/aromatic N) is 2. The first-order valence-corrected chi connectivity index (χ1v) is 9.11.